The molecule has 0 aliphatic carbocycles. The third kappa shape index (κ3) is 5.32. The van der Waals surface area contributed by atoms with Crippen LogP contribution < -0.4 is 15.0 Å². The lowest BCUT2D eigenvalue weighted by Crippen LogP contribution is -3.08. The first-order valence-corrected chi connectivity index (χ1v) is 8.36. The van der Waals surface area contributed by atoms with Crippen molar-refractivity contribution in [2.24, 2.45) is 0 Å². The maximum absolute atomic E-state index is 12.4. The van der Waals surface area contributed by atoms with Crippen LogP contribution in [0.2, 0.25) is 0 Å². The number of likely N-dealkylation sites (N-methyl/N-ethyl adjacent to an activating group) is 1. The van der Waals surface area contributed by atoms with Crippen molar-refractivity contribution in [2.45, 2.75) is 13.5 Å². The molecule has 0 aromatic heterocycles. The topological polar surface area (TPSA) is 69.1 Å². The summed E-state index contributed by atoms with van der Waals surface area (Å²) in [5.41, 5.74) is 3.01. The fourth-order valence-electron chi connectivity index (χ4n) is 2.66. The lowest BCUT2D eigenvalue weighted by Gasteiger charge is -2.15. The van der Waals surface area contributed by atoms with Crippen molar-refractivity contribution < 1.29 is 24.0 Å². The van der Waals surface area contributed by atoms with Crippen LogP contribution >= 0.6 is 0 Å². The number of carbonyl (C=O) groups excluding carboxylic acids is 2. The van der Waals surface area contributed by atoms with Gasteiger partial charge >= 0.3 is 5.97 Å². The normalized spacial score (nSPS) is 11.5. The van der Waals surface area contributed by atoms with Crippen molar-refractivity contribution >= 4 is 17.6 Å². The fourth-order valence-corrected chi connectivity index (χ4v) is 2.66. The van der Waals surface area contributed by atoms with Crippen LogP contribution in [0.1, 0.15) is 21.5 Å². The molecule has 2 aromatic carbocycles. The monoisotopic (exact) mass is 357 g/mol. The van der Waals surface area contributed by atoms with Gasteiger partial charge in [-0.15, -0.1) is 0 Å². The van der Waals surface area contributed by atoms with E-state index in [9.17, 15) is 9.59 Å². The third-order valence-electron chi connectivity index (χ3n) is 4.04. The predicted octanol–water partition coefficient (Wildman–Crippen LogP) is 1.44. The Hall–Kier alpha value is -2.86. The summed E-state index contributed by atoms with van der Waals surface area (Å²) in [6.07, 6.45) is 0. The minimum atomic E-state index is -0.429. The number of nitrogens with one attached hydrogen (secondary N) is 2. The van der Waals surface area contributed by atoms with Crippen LogP contribution in [-0.2, 0) is 16.1 Å². The van der Waals surface area contributed by atoms with E-state index in [1.807, 2.05) is 38.2 Å². The zero-order valence-electron chi connectivity index (χ0n) is 15.6. The lowest BCUT2D eigenvalue weighted by atomic mass is 10.1. The molecule has 0 radical (unpaired) electrons. The maximum atomic E-state index is 12.4. The Bertz CT molecular complexity index is 789. The molecule has 0 saturated heterocycles. The molecule has 0 heterocycles. The molecule has 1 atom stereocenters. The molecular formula is C20H25N2O4+. The first-order valence-electron chi connectivity index (χ1n) is 8.36. The summed E-state index contributed by atoms with van der Waals surface area (Å²) in [7, 11) is 4.92. The number of esters is 1. The molecule has 0 saturated carbocycles. The van der Waals surface area contributed by atoms with Crippen LogP contribution in [0.4, 0.5) is 5.69 Å². The van der Waals surface area contributed by atoms with Crippen molar-refractivity contribution in [3.8, 4) is 5.75 Å². The van der Waals surface area contributed by atoms with Gasteiger partial charge in [0.05, 0.1) is 26.8 Å². The van der Waals surface area contributed by atoms with Crippen molar-refractivity contribution in [2.75, 3.05) is 33.1 Å². The minimum Gasteiger partial charge on any atom is -0.497 e. The number of anilines is 1. The molecule has 0 aliphatic rings. The second-order valence-electron chi connectivity index (χ2n) is 6.23. The Morgan fingerprint density at radius 2 is 1.88 bits per heavy atom. The minimum absolute atomic E-state index is 0.115. The molecule has 6 heteroatoms. The zero-order chi connectivity index (χ0) is 19.1. The van der Waals surface area contributed by atoms with Gasteiger partial charge in [0.2, 0.25) is 0 Å². The number of ether oxygens (including phenoxy) is 2. The first kappa shape index (κ1) is 19.5. The van der Waals surface area contributed by atoms with Gasteiger partial charge in [-0.05, 0) is 36.8 Å². The summed E-state index contributed by atoms with van der Waals surface area (Å²) in [5.74, 6) is 0.256. The molecule has 1 amide bonds. The second kappa shape index (κ2) is 9.01. The molecule has 6 nitrogen and oxygen atoms in total. The van der Waals surface area contributed by atoms with E-state index >= 15 is 0 Å². The largest absolute Gasteiger partial charge is 0.497 e. The van der Waals surface area contributed by atoms with Gasteiger partial charge in [0.1, 0.15) is 12.3 Å². The maximum Gasteiger partial charge on any atom is 0.337 e. The van der Waals surface area contributed by atoms with Crippen LogP contribution in [0, 0.1) is 6.92 Å². The molecule has 1 unspecified atom stereocenters. The molecule has 0 bridgehead atoms. The Morgan fingerprint density at radius 3 is 2.58 bits per heavy atom. The van der Waals surface area contributed by atoms with E-state index in [1.54, 1.807) is 25.3 Å². The van der Waals surface area contributed by atoms with E-state index < -0.39 is 5.97 Å². The number of aryl methyl sites for hydroxylation is 1. The van der Waals surface area contributed by atoms with E-state index in [0.717, 1.165) is 21.8 Å². The summed E-state index contributed by atoms with van der Waals surface area (Å²) in [6.45, 7) is 2.88. The van der Waals surface area contributed by atoms with Gasteiger partial charge in [0, 0.05) is 11.3 Å². The van der Waals surface area contributed by atoms with Crippen LogP contribution in [0.25, 0.3) is 0 Å². The number of rotatable bonds is 7. The standard InChI is InChI=1S/C20H24N2O4/c1-14-8-9-16(20(24)26-4)11-18(14)21-19(23)13-22(2)12-15-6-5-7-17(10-15)25-3/h5-11H,12-13H2,1-4H3,(H,21,23)/p+1. The van der Waals surface area contributed by atoms with Crippen LogP contribution in [0.15, 0.2) is 42.5 Å². The number of methoxy groups -OCH3 is 2. The average molecular weight is 357 g/mol. The Kier molecular flexibility index (Phi) is 6.74. The number of hydrogen-bond acceptors (Lipinski definition) is 4. The highest BCUT2D eigenvalue weighted by atomic mass is 16.5. The molecule has 26 heavy (non-hydrogen) atoms. The summed E-state index contributed by atoms with van der Waals surface area (Å²) in [6, 6.07) is 12.9. The zero-order valence-corrected chi connectivity index (χ0v) is 15.6. The number of carbonyl (C=O) groups is 2. The molecular weight excluding hydrogens is 332 g/mol. The highest BCUT2D eigenvalue weighted by Crippen LogP contribution is 2.17. The highest BCUT2D eigenvalue weighted by molar-refractivity contribution is 5.95. The van der Waals surface area contributed by atoms with E-state index in [0.29, 0.717) is 24.3 Å². The average Bonchev–Trinajstić information content (AvgIpc) is 2.62. The summed E-state index contributed by atoms with van der Waals surface area (Å²) in [4.78, 5) is 25.1. The Morgan fingerprint density at radius 1 is 1.12 bits per heavy atom. The highest BCUT2D eigenvalue weighted by Gasteiger charge is 2.14. The predicted molar refractivity (Wildman–Crippen MR) is 99.6 cm³/mol. The van der Waals surface area contributed by atoms with Gasteiger partial charge in [0.25, 0.3) is 5.91 Å². The van der Waals surface area contributed by atoms with Gasteiger partial charge < -0.3 is 19.7 Å². The van der Waals surface area contributed by atoms with Crippen molar-refractivity contribution in [3.63, 3.8) is 0 Å². The molecule has 2 rings (SSSR count). The lowest BCUT2D eigenvalue weighted by molar-refractivity contribution is -0.885. The molecule has 0 fully saturated rings. The van der Waals surface area contributed by atoms with E-state index in [1.165, 1.54) is 7.11 Å². The molecule has 0 spiro atoms. The van der Waals surface area contributed by atoms with Crippen LogP contribution in [0.3, 0.4) is 0 Å². The van der Waals surface area contributed by atoms with E-state index in [-0.39, 0.29) is 5.91 Å². The fraction of sp³-hybridized carbons (Fsp3) is 0.300. The summed E-state index contributed by atoms with van der Waals surface area (Å²) < 4.78 is 9.94. The molecule has 2 N–H and O–H groups in total. The van der Waals surface area contributed by atoms with E-state index in [2.05, 4.69) is 5.32 Å². The van der Waals surface area contributed by atoms with E-state index in [4.69, 9.17) is 9.47 Å². The number of quaternary nitrogens is 1. The van der Waals surface area contributed by atoms with Gasteiger partial charge in [-0.1, -0.05) is 18.2 Å². The van der Waals surface area contributed by atoms with Crippen molar-refractivity contribution in [3.05, 3.63) is 59.2 Å². The van der Waals surface area contributed by atoms with Gasteiger partial charge in [0.15, 0.2) is 6.54 Å². The van der Waals surface area contributed by atoms with Crippen molar-refractivity contribution in [1.82, 2.24) is 0 Å². The quantitative estimate of drug-likeness (QED) is 0.736. The van der Waals surface area contributed by atoms with Crippen LogP contribution in [-0.4, -0.2) is 39.7 Å². The second-order valence-corrected chi connectivity index (χ2v) is 6.23. The Labute approximate surface area is 153 Å². The van der Waals surface area contributed by atoms with Gasteiger partial charge in [-0.2, -0.15) is 0 Å². The summed E-state index contributed by atoms with van der Waals surface area (Å²) >= 11 is 0. The molecule has 2 aromatic rings. The number of amides is 1. The Balaban J connectivity index is 1.98. The van der Waals surface area contributed by atoms with Gasteiger partial charge in [-0.25, -0.2) is 4.79 Å². The number of benzene rings is 2. The summed E-state index contributed by atoms with van der Waals surface area (Å²) in [5, 5.41) is 2.88. The van der Waals surface area contributed by atoms with Crippen molar-refractivity contribution in [1.29, 1.82) is 0 Å². The third-order valence-corrected chi connectivity index (χ3v) is 4.04. The smallest absolute Gasteiger partial charge is 0.337 e. The van der Waals surface area contributed by atoms with Gasteiger partial charge in [-0.3, -0.25) is 4.79 Å². The van der Waals surface area contributed by atoms with Crippen LogP contribution in [0.5, 0.6) is 5.75 Å². The SMILES string of the molecule is COC(=O)c1ccc(C)c(NC(=O)C[NH+](C)Cc2cccc(OC)c2)c1. The first-order chi connectivity index (χ1) is 12.4. The molecule has 138 valence electrons. The number of hydrogen-bond donors (Lipinski definition) is 2. The molecule has 0 aliphatic heterocycles.